The van der Waals surface area contributed by atoms with Gasteiger partial charge >= 0.3 is 0 Å². The van der Waals surface area contributed by atoms with Crippen LogP contribution in [0.15, 0.2) is 40.6 Å². The Kier molecular flexibility index (Phi) is 5.95. The summed E-state index contributed by atoms with van der Waals surface area (Å²) in [7, 11) is -3.38. The molecule has 1 saturated carbocycles. The van der Waals surface area contributed by atoms with E-state index in [4.69, 9.17) is 0 Å². The summed E-state index contributed by atoms with van der Waals surface area (Å²) in [5.41, 5.74) is 1.47. The van der Waals surface area contributed by atoms with E-state index >= 15 is 0 Å². The number of nitrogens with zero attached hydrogens (tertiary/aromatic N) is 1. The molecule has 150 valence electrons. The number of amides is 1. The fourth-order valence-corrected chi connectivity index (χ4v) is 4.42. The van der Waals surface area contributed by atoms with E-state index in [0.29, 0.717) is 10.7 Å². The predicted octanol–water partition coefficient (Wildman–Crippen LogP) is 3.96. The van der Waals surface area contributed by atoms with Crippen LogP contribution in [0.5, 0.6) is 0 Å². The average Bonchev–Trinajstić information content (AvgIpc) is 3.17. The summed E-state index contributed by atoms with van der Waals surface area (Å²) in [6, 6.07) is 5.85. The number of alkyl halides is 2. The van der Waals surface area contributed by atoms with Gasteiger partial charge in [-0.1, -0.05) is 18.2 Å². The van der Waals surface area contributed by atoms with E-state index in [9.17, 15) is 22.0 Å². The number of benzene rings is 1. The maximum absolute atomic E-state index is 13.6. The number of hydrogen-bond donors (Lipinski definition) is 1. The number of rotatable bonds is 5. The number of nitrogens with one attached hydrogen (secondary N) is 1. The van der Waals surface area contributed by atoms with E-state index in [0.717, 1.165) is 11.9 Å². The van der Waals surface area contributed by atoms with Gasteiger partial charge in [-0.15, -0.1) is 11.3 Å². The molecule has 5 nitrogen and oxygen atoms in total. The van der Waals surface area contributed by atoms with Gasteiger partial charge in [0.05, 0.1) is 10.6 Å². The number of carbonyl (C=O) groups is 1. The van der Waals surface area contributed by atoms with Crippen LogP contribution >= 0.6 is 11.3 Å². The third kappa shape index (κ3) is 4.82. The standard InChI is InChI=1S/C19H20F2N2O3S2/c1-11-10-27-19(22-11)23-18(24)15(7-12-8-16(20)17(21)9-12)13-3-5-14(6-4-13)28(2,25)26/h3-7,10,12,16-17H,8-9H2,1-2H3,(H,22,23,24)/t12?,16-,17+. The van der Waals surface area contributed by atoms with Crippen molar-refractivity contribution in [3.63, 3.8) is 0 Å². The largest absolute Gasteiger partial charge is 0.298 e. The second-order valence-electron chi connectivity index (χ2n) is 6.89. The first-order valence-corrected chi connectivity index (χ1v) is 11.4. The molecule has 0 aliphatic heterocycles. The van der Waals surface area contributed by atoms with Crippen molar-refractivity contribution in [3.05, 3.63) is 47.0 Å². The van der Waals surface area contributed by atoms with Gasteiger partial charge in [0, 0.05) is 17.2 Å². The lowest BCUT2D eigenvalue weighted by atomic mass is 9.98. The minimum atomic E-state index is -3.38. The van der Waals surface area contributed by atoms with Crippen molar-refractivity contribution in [3.8, 4) is 0 Å². The highest BCUT2D eigenvalue weighted by Gasteiger charge is 2.34. The van der Waals surface area contributed by atoms with Gasteiger partial charge in [0.2, 0.25) is 0 Å². The summed E-state index contributed by atoms with van der Waals surface area (Å²) in [6.07, 6.45) is -0.403. The fourth-order valence-electron chi connectivity index (χ4n) is 3.10. The van der Waals surface area contributed by atoms with Crippen LogP contribution in [0.3, 0.4) is 0 Å². The van der Waals surface area contributed by atoms with Crippen LogP contribution in [0.2, 0.25) is 0 Å². The molecule has 9 heteroatoms. The normalized spacial score (nSPS) is 23.0. The Morgan fingerprint density at radius 1 is 1.21 bits per heavy atom. The highest BCUT2D eigenvalue weighted by Crippen LogP contribution is 2.34. The van der Waals surface area contributed by atoms with Gasteiger partial charge < -0.3 is 0 Å². The van der Waals surface area contributed by atoms with Gasteiger partial charge in [0.15, 0.2) is 15.0 Å². The van der Waals surface area contributed by atoms with Crippen LogP contribution in [0.1, 0.15) is 24.1 Å². The lowest BCUT2D eigenvalue weighted by molar-refractivity contribution is -0.111. The van der Waals surface area contributed by atoms with Crippen molar-refractivity contribution in [2.45, 2.75) is 37.0 Å². The van der Waals surface area contributed by atoms with E-state index < -0.39 is 34.0 Å². The number of sulfone groups is 1. The maximum Gasteiger partial charge on any atom is 0.257 e. The van der Waals surface area contributed by atoms with Gasteiger partial charge in [-0.25, -0.2) is 22.2 Å². The first-order chi connectivity index (χ1) is 13.1. The number of hydrogen-bond acceptors (Lipinski definition) is 5. The molecule has 3 rings (SSSR count). The molecule has 0 bridgehead atoms. The average molecular weight is 427 g/mol. The molecule has 1 fully saturated rings. The molecule has 1 heterocycles. The molecular formula is C19H20F2N2O3S2. The van der Waals surface area contributed by atoms with Gasteiger partial charge in [-0.3, -0.25) is 10.1 Å². The number of allylic oxidation sites excluding steroid dienone is 1. The number of halogens is 2. The van der Waals surface area contributed by atoms with Crippen molar-refractivity contribution < 1.29 is 22.0 Å². The molecule has 1 aromatic carbocycles. The molecule has 1 amide bonds. The van der Waals surface area contributed by atoms with Crippen LogP contribution in [-0.2, 0) is 14.6 Å². The minimum Gasteiger partial charge on any atom is -0.298 e. The fraction of sp³-hybridized carbons (Fsp3) is 0.368. The molecule has 3 atom stereocenters. The Morgan fingerprint density at radius 3 is 2.32 bits per heavy atom. The molecule has 1 aliphatic rings. The van der Waals surface area contributed by atoms with Crippen molar-refractivity contribution in [1.29, 1.82) is 0 Å². The number of aromatic nitrogens is 1. The first kappa shape index (κ1) is 20.6. The van der Waals surface area contributed by atoms with Crippen molar-refractivity contribution in [2.75, 3.05) is 11.6 Å². The second-order valence-corrected chi connectivity index (χ2v) is 9.76. The Hall–Kier alpha value is -2.13. The van der Waals surface area contributed by atoms with Crippen molar-refractivity contribution in [2.24, 2.45) is 5.92 Å². The smallest absolute Gasteiger partial charge is 0.257 e. The Labute approximate surface area is 166 Å². The molecular weight excluding hydrogens is 406 g/mol. The SMILES string of the molecule is Cc1csc(NC(=O)C(=CC2C[C@@H](F)[C@@H](F)C2)c2ccc(S(C)(=O)=O)cc2)n1. The number of anilines is 1. The lowest BCUT2D eigenvalue weighted by Gasteiger charge is -2.11. The molecule has 1 N–H and O–H groups in total. The number of aryl methyl sites for hydroxylation is 1. The summed E-state index contributed by atoms with van der Waals surface area (Å²) < 4.78 is 50.5. The number of thiazole rings is 1. The van der Waals surface area contributed by atoms with Crippen molar-refractivity contribution in [1.82, 2.24) is 4.98 Å². The molecule has 0 spiro atoms. The lowest BCUT2D eigenvalue weighted by Crippen LogP contribution is -2.15. The van der Waals surface area contributed by atoms with E-state index in [2.05, 4.69) is 10.3 Å². The van der Waals surface area contributed by atoms with E-state index in [-0.39, 0.29) is 23.3 Å². The molecule has 28 heavy (non-hydrogen) atoms. The van der Waals surface area contributed by atoms with Crippen LogP contribution in [0, 0.1) is 12.8 Å². The monoisotopic (exact) mass is 426 g/mol. The maximum atomic E-state index is 13.6. The third-order valence-corrected chi connectivity index (χ3v) is 6.53. The first-order valence-electron chi connectivity index (χ1n) is 8.67. The summed E-state index contributed by atoms with van der Waals surface area (Å²) in [4.78, 5) is 17.2. The molecule has 1 aliphatic carbocycles. The van der Waals surface area contributed by atoms with E-state index in [1.807, 2.05) is 0 Å². The van der Waals surface area contributed by atoms with Gasteiger partial charge in [-0.05, 0) is 43.4 Å². The molecule has 1 unspecified atom stereocenters. The zero-order valence-corrected chi connectivity index (χ0v) is 17.0. The van der Waals surface area contributed by atoms with Gasteiger partial charge in [0.1, 0.15) is 12.3 Å². The Balaban J connectivity index is 1.93. The third-order valence-electron chi connectivity index (χ3n) is 4.53. The highest BCUT2D eigenvalue weighted by molar-refractivity contribution is 7.90. The highest BCUT2D eigenvalue weighted by atomic mass is 32.2. The van der Waals surface area contributed by atoms with Gasteiger partial charge in [0.25, 0.3) is 5.91 Å². The Morgan fingerprint density at radius 2 is 1.82 bits per heavy atom. The van der Waals surface area contributed by atoms with Gasteiger partial charge in [-0.2, -0.15) is 0 Å². The second kappa shape index (κ2) is 8.08. The van der Waals surface area contributed by atoms with E-state index in [1.165, 1.54) is 35.6 Å². The van der Waals surface area contributed by atoms with E-state index in [1.54, 1.807) is 18.4 Å². The van der Waals surface area contributed by atoms with Crippen LogP contribution in [0.25, 0.3) is 5.57 Å². The summed E-state index contributed by atoms with van der Waals surface area (Å²) in [5, 5.41) is 4.90. The zero-order valence-electron chi connectivity index (χ0n) is 15.4. The summed E-state index contributed by atoms with van der Waals surface area (Å²) in [5.74, 6) is -0.877. The van der Waals surface area contributed by atoms with Crippen LogP contribution in [0.4, 0.5) is 13.9 Å². The quantitative estimate of drug-likeness (QED) is 0.734. The summed E-state index contributed by atoms with van der Waals surface area (Å²) in [6.45, 7) is 1.80. The molecule has 2 aromatic rings. The number of carbonyl (C=O) groups excluding carboxylic acids is 1. The summed E-state index contributed by atoms with van der Waals surface area (Å²) >= 11 is 1.27. The topological polar surface area (TPSA) is 76.1 Å². The molecule has 0 saturated heterocycles. The van der Waals surface area contributed by atoms with Crippen LogP contribution < -0.4 is 5.32 Å². The molecule has 1 aromatic heterocycles. The van der Waals surface area contributed by atoms with Crippen LogP contribution in [-0.4, -0.2) is 37.9 Å². The Bertz CT molecular complexity index is 990. The minimum absolute atomic E-state index is 0.00965. The van der Waals surface area contributed by atoms with Crippen molar-refractivity contribution >= 4 is 37.8 Å². The zero-order chi connectivity index (χ0) is 20.5. The predicted molar refractivity (Wildman–Crippen MR) is 106 cm³/mol. The molecule has 0 radical (unpaired) electrons.